The van der Waals surface area contributed by atoms with Crippen molar-refractivity contribution in [2.45, 2.75) is 13.8 Å². The molecule has 1 N–H and O–H groups in total. The molecule has 29 heavy (non-hydrogen) atoms. The van der Waals surface area contributed by atoms with Crippen molar-refractivity contribution in [2.75, 3.05) is 13.2 Å². The van der Waals surface area contributed by atoms with Crippen molar-refractivity contribution in [1.82, 2.24) is 14.9 Å². The van der Waals surface area contributed by atoms with Crippen LogP contribution in [0.2, 0.25) is 0 Å². The number of nitro groups is 1. The smallest absolute Gasteiger partial charge is 0.315 e. The van der Waals surface area contributed by atoms with E-state index in [1.165, 1.54) is 17.0 Å². The molecule has 0 unspecified atom stereocenters. The number of hydrogen-bond acceptors (Lipinski definition) is 7. The minimum Gasteiger partial charge on any atom is -0.490 e. The molecule has 150 valence electrons. The summed E-state index contributed by atoms with van der Waals surface area (Å²) in [5, 5.41) is 22.8. The van der Waals surface area contributed by atoms with Crippen molar-refractivity contribution in [3.63, 3.8) is 0 Å². The Balaban J connectivity index is 2.05. The number of ether oxygens (including phenoxy) is 2. The van der Waals surface area contributed by atoms with Gasteiger partial charge in [0.25, 0.3) is 0 Å². The zero-order valence-corrected chi connectivity index (χ0v) is 16.7. The van der Waals surface area contributed by atoms with Crippen LogP contribution in [-0.4, -0.2) is 39.2 Å². The van der Waals surface area contributed by atoms with E-state index in [2.05, 4.69) is 15.3 Å². The van der Waals surface area contributed by atoms with E-state index < -0.39 is 4.92 Å². The highest BCUT2D eigenvalue weighted by molar-refractivity contribution is 7.71. The summed E-state index contributed by atoms with van der Waals surface area (Å²) in [5.74, 6) is 0.905. The third kappa shape index (κ3) is 4.49. The van der Waals surface area contributed by atoms with Crippen molar-refractivity contribution < 1.29 is 14.4 Å². The first-order valence-corrected chi connectivity index (χ1v) is 9.31. The van der Waals surface area contributed by atoms with Gasteiger partial charge in [-0.25, -0.2) is 5.10 Å². The van der Waals surface area contributed by atoms with E-state index in [0.29, 0.717) is 22.8 Å². The molecular formula is C19H19N5O4S. The summed E-state index contributed by atoms with van der Waals surface area (Å²) in [7, 11) is 0. The summed E-state index contributed by atoms with van der Waals surface area (Å²) >= 11 is 5.26. The Morgan fingerprint density at radius 1 is 1.24 bits per heavy atom. The molecule has 0 aliphatic carbocycles. The summed E-state index contributed by atoms with van der Waals surface area (Å²) in [5.41, 5.74) is 1.09. The highest BCUT2D eigenvalue weighted by Gasteiger charge is 2.22. The molecule has 3 rings (SSSR count). The molecule has 0 saturated carbocycles. The number of nitrogens with zero attached hydrogens (tertiary/aromatic N) is 4. The molecule has 9 nitrogen and oxygen atoms in total. The molecule has 1 aromatic heterocycles. The van der Waals surface area contributed by atoms with Crippen LogP contribution in [0, 0.1) is 14.9 Å². The maximum absolute atomic E-state index is 11.5. The van der Waals surface area contributed by atoms with Crippen molar-refractivity contribution in [3.05, 3.63) is 62.9 Å². The first-order chi connectivity index (χ1) is 14.0. The minimum atomic E-state index is -0.510. The van der Waals surface area contributed by atoms with Gasteiger partial charge < -0.3 is 9.47 Å². The largest absolute Gasteiger partial charge is 0.490 e. The molecule has 0 aliphatic rings. The molecule has 0 radical (unpaired) electrons. The molecule has 0 aliphatic heterocycles. The van der Waals surface area contributed by atoms with E-state index in [0.717, 1.165) is 5.56 Å². The Morgan fingerprint density at radius 2 is 1.97 bits per heavy atom. The number of aromatic nitrogens is 3. The second kappa shape index (κ2) is 9.11. The number of nitrogens with one attached hydrogen (secondary N) is 1. The monoisotopic (exact) mass is 413 g/mol. The molecule has 0 amide bonds. The molecule has 0 fully saturated rings. The molecule has 1 heterocycles. The Labute approximate surface area is 171 Å². The van der Waals surface area contributed by atoms with Gasteiger partial charge in [-0.2, -0.15) is 14.9 Å². The zero-order valence-electron chi connectivity index (χ0n) is 15.9. The molecule has 0 spiro atoms. The average Bonchev–Trinajstić information content (AvgIpc) is 3.09. The Kier molecular flexibility index (Phi) is 6.35. The quantitative estimate of drug-likeness (QED) is 0.257. The number of hydrogen-bond donors (Lipinski definition) is 1. The molecule has 0 saturated heterocycles. The van der Waals surface area contributed by atoms with E-state index in [1.54, 1.807) is 19.9 Å². The molecule has 0 atom stereocenters. The zero-order chi connectivity index (χ0) is 20.8. The van der Waals surface area contributed by atoms with Crippen LogP contribution in [-0.2, 0) is 0 Å². The van der Waals surface area contributed by atoms with Crippen molar-refractivity contribution in [3.8, 4) is 22.9 Å². The van der Waals surface area contributed by atoms with Gasteiger partial charge >= 0.3 is 5.69 Å². The van der Waals surface area contributed by atoms with E-state index in [9.17, 15) is 10.1 Å². The van der Waals surface area contributed by atoms with Gasteiger partial charge in [0.15, 0.2) is 11.6 Å². The van der Waals surface area contributed by atoms with E-state index in [4.69, 9.17) is 21.7 Å². The van der Waals surface area contributed by atoms with Crippen LogP contribution in [0.4, 0.5) is 5.69 Å². The molecule has 10 heteroatoms. The highest BCUT2D eigenvalue weighted by atomic mass is 32.1. The average molecular weight is 413 g/mol. The maximum atomic E-state index is 11.5. The van der Waals surface area contributed by atoms with Gasteiger partial charge in [0.05, 0.1) is 24.4 Å². The second-order valence-corrected chi connectivity index (χ2v) is 6.15. The molecule has 2 aromatic carbocycles. The number of aromatic amines is 1. The van der Waals surface area contributed by atoms with Gasteiger partial charge in [0.2, 0.25) is 10.5 Å². The molecule has 3 aromatic rings. The van der Waals surface area contributed by atoms with E-state index >= 15 is 0 Å². The highest BCUT2D eigenvalue weighted by Crippen LogP contribution is 2.38. The van der Waals surface area contributed by atoms with Crippen LogP contribution in [0.25, 0.3) is 11.4 Å². The van der Waals surface area contributed by atoms with Crippen molar-refractivity contribution in [1.29, 1.82) is 0 Å². The first-order valence-electron chi connectivity index (χ1n) is 8.90. The first kappa shape index (κ1) is 20.2. The van der Waals surface area contributed by atoms with Crippen LogP contribution < -0.4 is 9.47 Å². The van der Waals surface area contributed by atoms with Gasteiger partial charge in [0, 0.05) is 17.2 Å². The fourth-order valence-corrected chi connectivity index (χ4v) is 2.85. The lowest BCUT2D eigenvalue weighted by Gasteiger charge is -2.11. The lowest BCUT2D eigenvalue weighted by atomic mass is 10.2. The number of H-pyrrole nitrogens is 1. The van der Waals surface area contributed by atoms with Crippen molar-refractivity contribution >= 4 is 24.1 Å². The standard InChI is InChI=1S/C19H19N5O4S/c1-3-27-16-11-13(10-15(24(25)26)17(16)28-4-2)12-20-23-18(21-22-19(23)29)14-8-6-5-7-9-14/h5-12H,3-4H2,1-2H3,(H,22,29)/b20-12-. The Morgan fingerprint density at radius 3 is 2.62 bits per heavy atom. The Bertz CT molecular complexity index is 1090. The predicted molar refractivity (Wildman–Crippen MR) is 111 cm³/mol. The van der Waals surface area contributed by atoms with Crippen LogP contribution in [0.3, 0.4) is 0 Å². The van der Waals surface area contributed by atoms with Gasteiger partial charge in [-0.3, -0.25) is 10.1 Å². The number of nitro benzene ring substituents is 1. The fourth-order valence-electron chi connectivity index (χ4n) is 2.67. The summed E-state index contributed by atoms with van der Waals surface area (Å²) in [6.45, 7) is 4.15. The van der Waals surface area contributed by atoms with E-state index in [-0.39, 0.29) is 23.8 Å². The van der Waals surface area contributed by atoms with Crippen molar-refractivity contribution in [2.24, 2.45) is 5.10 Å². The predicted octanol–water partition coefficient (Wildman–Crippen LogP) is 4.20. The van der Waals surface area contributed by atoms with Crippen LogP contribution >= 0.6 is 12.2 Å². The lowest BCUT2D eigenvalue weighted by molar-refractivity contribution is -0.385. The normalized spacial score (nSPS) is 11.0. The minimum absolute atomic E-state index is 0.0985. The number of rotatable bonds is 8. The third-order valence-electron chi connectivity index (χ3n) is 3.85. The van der Waals surface area contributed by atoms with Crippen LogP contribution in [0.1, 0.15) is 19.4 Å². The fraction of sp³-hybridized carbons (Fsp3) is 0.211. The van der Waals surface area contributed by atoms with Gasteiger partial charge in [-0.1, -0.05) is 30.3 Å². The number of benzene rings is 2. The maximum Gasteiger partial charge on any atom is 0.315 e. The summed E-state index contributed by atoms with van der Waals surface area (Å²) < 4.78 is 12.7. The molecular weight excluding hydrogens is 394 g/mol. The molecule has 0 bridgehead atoms. The Hall–Kier alpha value is -3.53. The van der Waals surface area contributed by atoms with Gasteiger partial charge in [-0.15, -0.1) is 0 Å². The third-order valence-corrected chi connectivity index (χ3v) is 4.11. The van der Waals surface area contributed by atoms with Crippen LogP contribution in [0.15, 0.2) is 47.6 Å². The SMILES string of the molecule is CCOc1cc(/C=N\n2c(-c3ccccc3)n[nH]c2=S)cc([N+](=O)[O-])c1OCC. The lowest BCUT2D eigenvalue weighted by Crippen LogP contribution is -2.03. The summed E-state index contributed by atoms with van der Waals surface area (Å²) in [6, 6.07) is 12.4. The van der Waals surface area contributed by atoms with E-state index in [1.807, 2.05) is 30.3 Å². The summed E-state index contributed by atoms with van der Waals surface area (Å²) in [4.78, 5) is 11.0. The second-order valence-electron chi connectivity index (χ2n) is 5.77. The topological polar surface area (TPSA) is 108 Å². The van der Waals surface area contributed by atoms with Gasteiger partial charge in [-0.05, 0) is 32.1 Å². The summed E-state index contributed by atoms with van der Waals surface area (Å²) in [6.07, 6.45) is 1.46. The van der Waals surface area contributed by atoms with Crippen LogP contribution in [0.5, 0.6) is 11.5 Å². The van der Waals surface area contributed by atoms with Gasteiger partial charge in [0.1, 0.15) is 0 Å².